The molecule has 0 N–H and O–H groups in total. The predicted molar refractivity (Wildman–Crippen MR) is 68.0 cm³/mol. The van der Waals surface area contributed by atoms with Crippen molar-refractivity contribution >= 4 is 11.3 Å². The topological polar surface area (TPSA) is 45.9 Å². The highest BCUT2D eigenvalue weighted by Crippen LogP contribution is 2.26. The minimum atomic E-state index is 0.425. The summed E-state index contributed by atoms with van der Waals surface area (Å²) >= 11 is 1.56. The molecule has 86 valence electrons. The summed E-state index contributed by atoms with van der Waals surface area (Å²) in [6.45, 7) is 2.63. The van der Waals surface area contributed by atoms with Gasteiger partial charge in [-0.2, -0.15) is 5.26 Å². The van der Waals surface area contributed by atoms with Crippen molar-refractivity contribution in [3.05, 3.63) is 35.3 Å². The van der Waals surface area contributed by atoms with Crippen LogP contribution in [0.5, 0.6) is 5.75 Å². The first-order valence-corrected chi connectivity index (χ1v) is 6.20. The Morgan fingerprint density at radius 3 is 2.76 bits per heavy atom. The highest BCUT2D eigenvalue weighted by Gasteiger charge is 2.04. The van der Waals surface area contributed by atoms with Crippen LogP contribution in [0.25, 0.3) is 10.6 Å². The molecule has 0 spiro atoms. The summed E-state index contributed by atoms with van der Waals surface area (Å²) in [7, 11) is 0. The molecule has 0 aliphatic rings. The molecule has 1 aromatic heterocycles. The van der Waals surface area contributed by atoms with Gasteiger partial charge in [0.2, 0.25) is 0 Å². The van der Waals surface area contributed by atoms with Gasteiger partial charge in [-0.25, -0.2) is 4.98 Å². The molecule has 4 heteroatoms. The quantitative estimate of drug-likeness (QED) is 0.829. The third-order valence-electron chi connectivity index (χ3n) is 2.22. The number of ether oxygens (including phenoxy) is 1. The molecule has 0 bridgehead atoms. The summed E-state index contributed by atoms with van der Waals surface area (Å²) in [6, 6.07) is 9.97. The molecular formula is C13H12N2OS. The van der Waals surface area contributed by atoms with Gasteiger partial charge in [0.1, 0.15) is 10.8 Å². The second-order valence-electron chi connectivity index (χ2n) is 3.42. The van der Waals surface area contributed by atoms with E-state index in [2.05, 4.69) is 11.1 Å². The van der Waals surface area contributed by atoms with Crippen LogP contribution in [0, 0.1) is 11.3 Å². The molecule has 0 aliphatic heterocycles. The minimum absolute atomic E-state index is 0.425. The molecule has 0 radical (unpaired) electrons. The molecule has 0 amide bonds. The smallest absolute Gasteiger partial charge is 0.123 e. The number of aromatic nitrogens is 1. The summed E-state index contributed by atoms with van der Waals surface area (Å²) in [5.41, 5.74) is 1.06. The Kier molecular flexibility index (Phi) is 3.73. The van der Waals surface area contributed by atoms with E-state index in [4.69, 9.17) is 10.00 Å². The first kappa shape index (κ1) is 11.6. The molecule has 2 rings (SSSR count). The standard InChI is InChI=1S/C13H12N2OS/c1-2-16-11-5-3-10(4-6-11)13-15-9-12(17-13)7-8-14/h3-6,9H,2,7H2,1H3. The Morgan fingerprint density at radius 1 is 1.35 bits per heavy atom. The van der Waals surface area contributed by atoms with Gasteiger partial charge < -0.3 is 4.74 Å². The average molecular weight is 244 g/mol. The summed E-state index contributed by atoms with van der Waals surface area (Å²) in [5, 5.41) is 9.55. The maximum absolute atomic E-state index is 8.61. The van der Waals surface area contributed by atoms with E-state index in [0.717, 1.165) is 21.2 Å². The van der Waals surface area contributed by atoms with Crippen LogP contribution in [0.3, 0.4) is 0 Å². The number of thiazole rings is 1. The third kappa shape index (κ3) is 2.83. The summed E-state index contributed by atoms with van der Waals surface area (Å²) < 4.78 is 5.38. The van der Waals surface area contributed by atoms with Crippen molar-refractivity contribution in [1.82, 2.24) is 4.98 Å². The number of hydrogen-bond donors (Lipinski definition) is 0. The molecule has 0 atom stereocenters. The fourth-order valence-corrected chi connectivity index (χ4v) is 2.31. The van der Waals surface area contributed by atoms with Crippen molar-refractivity contribution in [1.29, 1.82) is 5.26 Å². The van der Waals surface area contributed by atoms with Gasteiger partial charge in [-0.3, -0.25) is 0 Å². The molecule has 1 aromatic carbocycles. The van der Waals surface area contributed by atoms with Crippen LogP contribution in [0.1, 0.15) is 11.8 Å². The summed E-state index contributed by atoms with van der Waals surface area (Å²) in [5.74, 6) is 0.866. The third-order valence-corrected chi connectivity index (χ3v) is 3.27. The fourth-order valence-electron chi connectivity index (χ4n) is 1.46. The number of nitriles is 1. The van der Waals surface area contributed by atoms with E-state index < -0.39 is 0 Å². The second kappa shape index (κ2) is 5.46. The predicted octanol–water partition coefficient (Wildman–Crippen LogP) is 3.27. The Hall–Kier alpha value is -1.86. The Bertz CT molecular complexity index is 525. The van der Waals surface area contributed by atoms with Crippen LogP contribution in [0.4, 0.5) is 0 Å². The molecule has 0 saturated carbocycles. The lowest BCUT2D eigenvalue weighted by atomic mass is 10.2. The van der Waals surface area contributed by atoms with E-state index in [9.17, 15) is 0 Å². The van der Waals surface area contributed by atoms with Crippen LogP contribution in [0.2, 0.25) is 0 Å². The van der Waals surface area contributed by atoms with E-state index >= 15 is 0 Å². The van der Waals surface area contributed by atoms with Crippen LogP contribution in [-0.2, 0) is 6.42 Å². The van der Waals surface area contributed by atoms with Crippen molar-refractivity contribution in [3.63, 3.8) is 0 Å². The van der Waals surface area contributed by atoms with Gasteiger partial charge in [0.05, 0.1) is 19.1 Å². The summed E-state index contributed by atoms with van der Waals surface area (Å²) in [6.07, 6.45) is 2.19. The van der Waals surface area contributed by atoms with Gasteiger partial charge >= 0.3 is 0 Å². The van der Waals surface area contributed by atoms with Crippen LogP contribution >= 0.6 is 11.3 Å². The van der Waals surface area contributed by atoms with E-state index in [1.807, 2.05) is 31.2 Å². The zero-order chi connectivity index (χ0) is 12.1. The normalized spacial score (nSPS) is 9.88. The lowest BCUT2D eigenvalue weighted by Crippen LogP contribution is -1.90. The molecule has 0 unspecified atom stereocenters. The van der Waals surface area contributed by atoms with Crippen molar-refractivity contribution < 1.29 is 4.74 Å². The molecular weight excluding hydrogens is 232 g/mol. The maximum Gasteiger partial charge on any atom is 0.123 e. The maximum atomic E-state index is 8.61. The van der Waals surface area contributed by atoms with E-state index in [-0.39, 0.29) is 0 Å². The summed E-state index contributed by atoms with van der Waals surface area (Å²) in [4.78, 5) is 5.30. The number of nitrogens with zero attached hydrogens (tertiary/aromatic N) is 2. The monoisotopic (exact) mass is 244 g/mol. The molecule has 0 fully saturated rings. The zero-order valence-electron chi connectivity index (χ0n) is 9.51. The van der Waals surface area contributed by atoms with E-state index in [1.165, 1.54) is 0 Å². The first-order valence-electron chi connectivity index (χ1n) is 5.38. The second-order valence-corrected chi connectivity index (χ2v) is 4.54. The number of hydrogen-bond acceptors (Lipinski definition) is 4. The Morgan fingerprint density at radius 2 is 2.12 bits per heavy atom. The largest absolute Gasteiger partial charge is 0.494 e. The number of rotatable bonds is 4. The van der Waals surface area contributed by atoms with Gasteiger partial charge in [0, 0.05) is 16.6 Å². The molecule has 1 heterocycles. The van der Waals surface area contributed by atoms with E-state index in [1.54, 1.807) is 17.5 Å². The van der Waals surface area contributed by atoms with Crippen molar-refractivity contribution in [2.24, 2.45) is 0 Å². The molecule has 0 aliphatic carbocycles. The SMILES string of the molecule is CCOc1ccc(-c2ncc(CC#N)s2)cc1. The molecule has 2 aromatic rings. The van der Waals surface area contributed by atoms with Gasteiger partial charge in [-0.15, -0.1) is 11.3 Å². The van der Waals surface area contributed by atoms with E-state index in [0.29, 0.717) is 13.0 Å². The van der Waals surface area contributed by atoms with Crippen LogP contribution < -0.4 is 4.74 Å². The minimum Gasteiger partial charge on any atom is -0.494 e. The fraction of sp³-hybridized carbons (Fsp3) is 0.231. The lowest BCUT2D eigenvalue weighted by molar-refractivity contribution is 0.340. The van der Waals surface area contributed by atoms with Crippen molar-refractivity contribution in [3.8, 4) is 22.4 Å². The average Bonchev–Trinajstić information content (AvgIpc) is 2.80. The Labute approximate surface area is 104 Å². The van der Waals surface area contributed by atoms with Gasteiger partial charge in [0.25, 0.3) is 0 Å². The van der Waals surface area contributed by atoms with Gasteiger partial charge in [-0.1, -0.05) is 0 Å². The van der Waals surface area contributed by atoms with Gasteiger partial charge in [-0.05, 0) is 31.2 Å². The highest BCUT2D eigenvalue weighted by atomic mass is 32.1. The molecule has 17 heavy (non-hydrogen) atoms. The molecule has 3 nitrogen and oxygen atoms in total. The van der Waals surface area contributed by atoms with Gasteiger partial charge in [0.15, 0.2) is 0 Å². The zero-order valence-corrected chi connectivity index (χ0v) is 10.3. The van der Waals surface area contributed by atoms with Crippen molar-refractivity contribution in [2.75, 3.05) is 6.61 Å². The highest BCUT2D eigenvalue weighted by molar-refractivity contribution is 7.15. The van der Waals surface area contributed by atoms with Crippen molar-refractivity contribution in [2.45, 2.75) is 13.3 Å². The Balaban J connectivity index is 2.18. The lowest BCUT2D eigenvalue weighted by Gasteiger charge is -2.02. The first-order chi connectivity index (χ1) is 8.33. The van der Waals surface area contributed by atoms with Crippen LogP contribution in [0.15, 0.2) is 30.5 Å². The molecule has 0 saturated heterocycles. The number of benzene rings is 1. The van der Waals surface area contributed by atoms with Crippen LogP contribution in [-0.4, -0.2) is 11.6 Å².